The van der Waals surface area contributed by atoms with E-state index >= 15 is 0 Å². The minimum atomic E-state index is 0.112. The van der Waals surface area contributed by atoms with Crippen LogP contribution >= 0.6 is 0 Å². The zero-order chi connectivity index (χ0) is 15.3. The third-order valence-corrected chi connectivity index (χ3v) is 3.80. The van der Waals surface area contributed by atoms with Crippen molar-refractivity contribution < 1.29 is 9.84 Å². The van der Waals surface area contributed by atoms with Crippen LogP contribution in [0.5, 0.6) is 5.88 Å². The van der Waals surface area contributed by atoms with Gasteiger partial charge in [-0.1, -0.05) is 13.8 Å². The number of rotatable bonds is 9. The molecule has 0 atom stereocenters. The minimum Gasteiger partial charge on any atom is -0.476 e. The second kappa shape index (κ2) is 6.98. The number of hydrogen-bond donors (Lipinski definition) is 3. The van der Waals surface area contributed by atoms with E-state index in [4.69, 9.17) is 15.6 Å². The monoisotopic (exact) mass is 293 g/mol. The van der Waals surface area contributed by atoms with Gasteiger partial charge in [0, 0.05) is 13.2 Å². The largest absolute Gasteiger partial charge is 0.476 e. The smallest absolute Gasteiger partial charge is 0.239 e. The fourth-order valence-electron chi connectivity index (χ4n) is 2.12. The Kier molecular flexibility index (Phi) is 5.28. The van der Waals surface area contributed by atoms with Crippen LogP contribution in [0, 0.1) is 11.3 Å². The number of aliphatic hydroxyl groups is 1. The topological polar surface area (TPSA) is 80.4 Å². The average molecular weight is 293 g/mol. The summed E-state index contributed by atoms with van der Waals surface area (Å²) in [5.74, 6) is 1.99. The van der Waals surface area contributed by atoms with Gasteiger partial charge in [0.2, 0.25) is 5.88 Å². The summed E-state index contributed by atoms with van der Waals surface area (Å²) in [4.78, 5) is 4.45. The molecule has 5 nitrogen and oxygen atoms in total. The van der Waals surface area contributed by atoms with Gasteiger partial charge in [-0.15, -0.1) is 0 Å². The quantitative estimate of drug-likeness (QED) is 0.652. The molecule has 0 aliphatic heterocycles. The van der Waals surface area contributed by atoms with Crippen LogP contribution in [0.25, 0.3) is 0 Å². The van der Waals surface area contributed by atoms with Crippen LogP contribution in [0.2, 0.25) is 0 Å². The number of nitrogens with zero attached hydrogens (tertiary/aromatic N) is 1. The maximum atomic E-state index is 8.93. The molecule has 1 aromatic rings. The van der Waals surface area contributed by atoms with Crippen molar-refractivity contribution in [1.82, 2.24) is 4.98 Å². The fraction of sp³-hybridized carbons (Fsp3) is 0.688. The molecule has 1 heterocycles. The molecular formula is C16H27N3O2. The first-order valence-electron chi connectivity index (χ1n) is 7.74. The van der Waals surface area contributed by atoms with Gasteiger partial charge in [-0.25, -0.2) is 0 Å². The van der Waals surface area contributed by atoms with E-state index in [2.05, 4.69) is 24.1 Å². The van der Waals surface area contributed by atoms with Crippen LogP contribution in [0.4, 0.5) is 11.5 Å². The van der Waals surface area contributed by atoms with Gasteiger partial charge >= 0.3 is 0 Å². The predicted octanol–water partition coefficient (Wildman–Crippen LogP) is 2.66. The second-order valence-electron chi connectivity index (χ2n) is 6.69. The van der Waals surface area contributed by atoms with Gasteiger partial charge in [-0.2, -0.15) is 4.98 Å². The van der Waals surface area contributed by atoms with E-state index in [9.17, 15) is 0 Å². The summed E-state index contributed by atoms with van der Waals surface area (Å²) in [5, 5.41) is 12.3. The highest BCUT2D eigenvalue weighted by Crippen LogP contribution is 2.31. The highest BCUT2D eigenvalue weighted by molar-refractivity contribution is 5.53. The third kappa shape index (κ3) is 5.42. The molecule has 0 bridgehead atoms. The molecule has 21 heavy (non-hydrogen) atoms. The van der Waals surface area contributed by atoms with Gasteiger partial charge < -0.3 is 20.9 Å². The van der Waals surface area contributed by atoms with Crippen molar-refractivity contribution in [1.29, 1.82) is 0 Å². The Labute approximate surface area is 126 Å². The molecule has 0 unspecified atom stereocenters. The fourth-order valence-corrected chi connectivity index (χ4v) is 2.12. The summed E-state index contributed by atoms with van der Waals surface area (Å²) in [6.07, 6.45) is 4.28. The van der Waals surface area contributed by atoms with E-state index in [0.717, 1.165) is 25.2 Å². The van der Waals surface area contributed by atoms with E-state index in [-0.39, 0.29) is 12.0 Å². The number of aromatic nitrogens is 1. The van der Waals surface area contributed by atoms with Crippen molar-refractivity contribution >= 4 is 11.5 Å². The van der Waals surface area contributed by atoms with Gasteiger partial charge in [0.15, 0.2) is 0 Å². The maximum Gasteiger partial charge on any atom is 0.239 e. The van der Waals surface area contributed by atoms with Crippen molar-refractivity contribution in [3.8, 4) is 5.88 Å². The molecule has 1 saturated carbocycles. The number of nitrogens with one attached hydrogen (secondary N) is 1. The standard InChI is InChI=1S/C16H27N3O2/c1-16(2,8-3-9-20)11-18-14-7-6-13(17)15(19-14)21-10-12-4-5-12/h6-7,12,20H,3-5,8-11,17H2,1-2H3,(H,18,19). The molecule has 0 spiro atoms. The summed E-state index contributed by atoms with van der Waals surface area (Å²) in [5.41, 5.74) is 6.60. The number of nitrogen functional groups attached to an aromatic ring is 1. The zero-order valence-electron chi connectivity index (χ0n) is 13.1. The van der Waals surface area contributed by atoms with Gasteiger partial charge in [0.25, 0.3) is 0 Å². The molecule has 0 radical (unpaired) electrons. The average Bonchev–Trinajstić information content (AvgIpc) is 3.27. The van der Waals surface area contributed by atoms with Crippen molar-refractivity contribution in [2.24, 2.45) is 11.3 Å². The van der Waals surface area contributed by atoms with Crippen LogP contribution in [0.15, 0.2) is 12.1 Å². The summed E-state index contributed by atoms with van der Waals surface area (Å²) < 4.78 is 5.69. The lowest BCUT2D eigenvalue weighted by Crippen LogP contribution is -2.24. The molecule has 1 aliphatic rings. The Morgan fingerprint density at radius 1 is 1.43 bits per heavy atom. The highest BCUT2D eigenvalue weighted by atomic mass is 16.5. The Bertz CT molecular complexity index is 459. The highest BCUT2D eigenvalue weighted by Gasteiger charge is 2.23. The normalized spacial score (nSPS) is 15.0. The lowest BCUT2D eigenvalue weighted by atomic mass is 9.88. The Morgan fingerprint density at radius 3 is 2.86 bits per heavy atom. The predicted molar refractivity (Wildman–Crippen MR) is 85.5 cm³/mol. The van der Waals surface area contributed by atoms with Crippen LogP contribution in [0.3, 0.4) is 0 Å². The lowest BCUT2D eigenvalue weighted by Gasteiger charge is -2.25. The Balaban J connectivity index is 1.88. The molecule has 0 amide bonds. The van der Waals surface area contributed by atoms with Crippen LogP contribution in [0.1, 0.15) is 39.5 Å². The van der Waals surface area contributed by atoms with Crippen LogP contribution < -0.4 is 15.8 Å². The number of pyridine rings is 1. The van der Waals surface area contributed by atoms with E-state index < -0.39 is 0 Å². The molecule has 0 aromatic carbocycles. The lowest BCUT2D eigenvalue weighted by molar-refractivity contribution is 0.247. The first-order valence-corrected chi connectivity index (χ1v) is 7.74. The number of aliphatic hydroxyl groups excluding tert-OH is 1. The molecule has 4 N–H and O–H groups in total. The van der Waals surface area contributed by atoms with Crippen molar-refractivity contribution in [3.05, 3.63) is 12.1 Å². The van der Waals surface area contributed by atoms with Crippen LogP contribution in [-0.2, 0) is 0 Å². The van der Waals surface area contributed by atoms with Gasteiger partial charge in [-0.3, -0.25) is 0 Å². The van der Waals surface area contributed by atoms with Gasteiger partial charge in [0.05, 0.1) is 12.3 Å². The summed E-state index contributed by atoms with van der Waals surface area (Å²) in [6, 6.07) is 3.71. The molecule has 1 aromatic heterocycles. The van der Waals surface area contributed by atoms with Gasteiger partial charge in [0.1, 0.15) is 5.82 Å². The first-order chi connectivity index (χ1) is 10.00. The number of hydrogen-bond acceptors (Lipinski definition) is 5. The van der Waals surface area contributed by atoms with Crippen LogP contribution in [-0.4, -0.2) is 29.8 Å². The SMILES string of the molecule is CC(C)(CCCO)CNc1ccc(N)c(OCC2CC2)n1. The summed E-state index contributed by atoms with van der Waals surface area (Å²) in [6.45, 7) is 6.10. The Hall–Kier alpha value is -1.49. The Morgan fingerprint density at radius 2 is 2.19 bits per heavy atom. The molecule has 1 aliphatic carbocycles. The van der Waals surface area contributed by atoms with E-state index in [0.29, 0.717) is 24.1 Å². The zero-order valence-corrected chi connectivity index (χ0v) is 13.1. The molecule has 5 heteroatoms. The van der Waals surface area contributed by atoms with Crippen molar-refractivity contribution in [3.63, 3.8) is 0 Å². The molecule has 1 fully saturated rings. The first kappa shape index (κ1) is 15.9. The molecule has 0 saturated heterocycles. The number of ether oxygens (including phenoxy) is 1. The van der Waals surface area contributed by atoms with Crippen molar-refractivity contribution in [2.75, 3.05) is 30.8 Å². The number of anilines is 2. The van der Waals surface area contributed by atoms with E-state index in [1.807, 2.05) is 12.1 Å². The third-order valence-electron chi connectivity index (χ3n) is 3.80. The minimum absolute atomic E-state index is 0.112. The summed E-state index contributed by atoms with van der Waals surface area (Å²) >= 11 is 0. The molecule has 118 valence electrons. The molecular weight excluding hydrogens is 266 g/mol. The molecule has 2 rings (SSSR count). The number of nitrogens with two attached hydrogens (primary N) is 1. The summed E-state index contributed by atoms with van der Waals surface area (Å²) in [7, 11) is 0. The van der Waals surface area contributed by atoms with Gasteiger partial charge in [-0.05, 0) is 49.1 Å². The van der Waals surface area contributed by atoms with Crippen molar-refractivity contribution in [2.45, 2.75) is 39.5 Å². The maximum absolute atomic E-state index is 8.93. The second-order valence-corrected chi connectivity index (χ2v) is 6.69. The van der Waals surface area contributed by atoms with E-state index in [1.54, 1.807) is 0 Å². The van der Waals surface area contributed by atoms with E-state index in [1.165, 1.54) is 12.8 Å².